The number of tetrazole rings is 1. The maximum absolute atomic E-state index is 10.9. The van der Waals surface area contributed by atoms with Gasteiger partial charge in [0.1, 0.15) is 0 Å². The Morgan fingerprint density at radius 1 is 1.21 bits per heavy atom. The summed E-state index contributed by atoms with van der Waals surface area (Å²) < 4.78 is 1.83. The van der Waals surface area contributed by atoms with Crippen LogP contribution in [0.25, 0.3) is 5.69 Å². The van der Waals surface area contributed by atoms with Crippen molar-refractivity contribution in [1.29, 1.82) is 0 Å². The van der Waals surface area contributed by atoms with E-state index in [1.807, 2.05) is 35.0 Å². The lowest BCUT2D eigenvalue weighted by molar-refractivity contribution is -0.102. The SMILES string of the molecule is CC(c1nnnn1-c1ccccc1)N1CCC2(O)CCCCC2C1. The van der Waals surface area contributed by atoms with Crippen molar-refractivity contribution in [2.75, 3.05) is 13.1 Å². The fraction of sp³-hybridized carbons (Fsp3) is 0.611. The third-order valence-corrected chi connectivity index (χ3v) is 5.87. The van der Waals surface area contributed by atoms with Gasteiger partial charge in [-0.3, -0.25) is 4.90 Å². The van der Waals surface area contributed by atoms with Crippen molar-refractivity contribution in [3.63, 3.8) is 0 Å². The van der Waals surface area contributed by atoms with Crippen LogP contribution in [0.5, 0.6) is 0 Å². The van der Waals surface area contributed by atoms with Crippen LogP contribution in [0.1, 0.15) is 50.9 Å². The van der Waals surface area contributed by atoms with E-state index in [2.05, 4.69) is 27.3 Å². The average Bonchev–Trinajstić information content (AvgIpc) is 3.11. The normalized spacial score (nSPS) is 29.2. The molecule has 1 aliphatic heterocycles. The Bertz CT molecular complexity index is 688. The van der Waals surface area contributed by atoms with Crippen molar-refractivity contribution in [1.82, 2.24) is 25.1 Å². The van der Waals surface area contributed by atoms with Gasteiger partial charge in [0.25, 0.3) is 0 Å². The van der Waals surface area contributed by atoms with Crippen LogP contribution in [0.15, 0.2) is 30.3 Å². The maximum atomic E-state index is 10.9. The highest BCUT2D eigenvalue weighted by Gasteiger charge is 2.44. The van der Waals surface area contributed by atoms with Gasteiger partial charge >= 0.3 is 0 Å². The summed E-state index contributed by atoms with van der Waals surface area (Å²) in [6, 6.07) is 10.1. The van der Waals surface area contributed by atoms with Crippen LogP contribution in [0.3, 0.4) is 0 Å². The molecule has 24 heavy (non-hydrogen) atoms. The second kappa shape index (κ2) is 6.26. The molecule has 1 saturated carbocycles. The minimum absolute atomic E-state index is 0.131. The lowest BCUT2D eigenvalue weighted by atomic mass is 9.71. The summed E-state index contributed by atoms with van der Waals surface area (Å²) in [7, 11) is 0. The lowest BCUT2D eigenvalue weighted by Gasteiger charge is -2.48. The molecule has 3 unspecified atom stereocenters. The summed E-state index contributed by atoms with van der Waals surface area (Å²) >= 11 is 0. The van der Waals surface area contributed by atoms with Gasteiger partial charge in [0.05, 0.1) is 17.3 Å². The highest BCUT2D eigenvalue weighted by molar-refractivity contribution is 5.30. The van der Waals surface area contributed by atoms with Gasteiger partial charge in [0.15, 0.2) is 5.82 Å². The van der Waals surface area contributed by atoms with Crippen LogP contribution in [-0.2, 0) is 0 Å². The van der Waals surface area contributed by atoms with Crippen molar-refractivity contribution >= 4 is 0 Å². The van der Waals surface area contributed by atoms with Crippen molar-refractivity contribution in [3.8, 4) is 5.69 Å². The predicted molar refractivity (Wildman–Crippen MR) is 90.7 cm³/mol. The van der Waals surface area contributed by atoms with Crippen molar-refractivity contribution in [2.45, 2.75) is 50.7 Å². The smallest absolute Gasteiger partial charge is 0.173 e. The molecular formula is C18H25N5O. The van der Waals surface area contributed by atoms with E-state index in [-0.39, 0.29) is 6.04 Å². The zero-order valence-corrected chi connectivity index (χ0v) is 14.2. The summed E-state index contributed by atoms with van der Waals surface area (Å²) in [4.78, 5) is 2.43. The Hall–Kier alpha value is -1.79. The Morgan fingerprint density at radius 2 is 2.04 bits per heavy atom. The number of rotatable bonds is 3. The predicted octanol–water partition coefficient (Wildman–Crippen LogP) is 2.35. The second-order valence-electron chi connectivity index (χ2n) is 7.25. The molecule has 6 heteroatoms. The van der Waals surface area contributed by atoms with Gasteiger partial charge < -0.3 is 5.11 Å². The van der Waals surface area contributed by atoms with Gasteiger partial charge in [-0.2, -0.15) is 4.68 Å². The largest absolute Gasteiger partial charge is 0.390 e. The standard InChI is InChI=1S/C18H25N5O/c1-14(17-19-20-21-23(17)16-8-3-2-4-9-16)22-12-11-18(24)10-6-5-7-15(18)13-22/h2-4,8-9,14-15,24H,5-7,10-13H2,1H3. The first-order valence-electron chi connectivity index (χ1n) is 8.97. The van der Waals surface area contributed by atoms with E-state index in [0.717, 1.165) is 50.3 Å². The molecule has 2 heterocycles. The van der Waals surface area contributed by atoms with Gasteiger partial charge in [0, 0.05) is 19.0 Å². The molecule has 128 valence electrons. The highest BCUT2D eigenvalue weighted by atomic mass is 16.3. The quantitative estimate of drug-likeness (QED) is 0.937. The van der Waals surface area contributed by atoms with E-state index >= 15 is 0 Å². The van der Waals surface area contributed by atoms with E-state index < -0.39 is 5.60 Å². The van der Waals surface area contributed by atoms with Crippen molar-refractivity contribution < 1.29 is 5.11 Å². The molecule has 4 rings (SSSR count). The minimum atomic E-state index is -0.445. The summed E-state index contributed by atoms with van der Waals surface area (Å²) in [6.07, 6.45) is 5.34. The van der Waals surface area contributed by atoms with Crippen molar-refractivity contribution in [2.24, 2.45) is 5.92 Å². The van der Waals surface area contributed by atoms with Crippen molar-refractivity contribution in [3.05, 3.63) is 36.2 Å². The van der Waals surface area contributed by atoms with E-state index in [9.17, 15) is 5.11 Å². The molecule has 2 aliphatic rings. The third kappa shape index (κ3) is 2.74. The first kappa shape index (κ1) is 15.7. The number of fused-ring (bicyclic) bond motifs is 1. The Labute approximate surface area is 142 Å². The topological polar surface area (TPSA) is 67.1 Å². The lowest BCUT2D eigenvalue weighted by Crippen LogP contribution is -2.53. The molecule has 1 aromatic carbocycles. The fourth-order valence-electron chi connectivity index (χ4n) is 4.32. The van der Waals surface area contributed by atoms with E-state index in [4.69, 9.17) is 0 Å². The highest BCUT2D eigenvalue weighted by Crippen LogP contribution is 2.41. The second-order valence-corrected chi connectivity index (χ2v) is 7.25. The molecule has 3 atom stereocenters. The number of piperidine rings is 1. The summed E-state index contributed by atoms with van der Waals surface area (Å²) in [5, 5.41) is 23.2. The van der Waals surface area contributed by atoms with Gasteiger partial charge in [-0.05, 0) is 48.7 Å². The fourth-order valence-corrected chi connectivity index (χ4v) is 4.32. The molecule has 2 fully saturated rings. The van der Waals surface area contributed by atoms with Crippen LogP contribution in [0.4, 0.5) is 0 Å². The number of para-hydroxylation sites is 1. The van der Waals surface area contributed by atoms with Crippen LogP contribution < -0.4 is 0 Å². The maximum Gasteiger partial charge on any atom is 0.173 e. The number of nitrogens with zero attached hydrogens (tertiary/aromatic N) is 5. The first-order valence-corrected chi connectivity index (χ1v) is 8.97. The zero-order valence-electron chi connectivity index (χ0n) is 14.2. The van der Waals surface area contributed by atoms with Gasteiger partial charge in [-0.15, -0.1) is 5.10 Å². The number of aliphatic hydroxyl groups is 1. The van der Waals surface area contributed by atoms with Crippen LogP contribution in [0, 0.1) is 5.92 Å². The molecule has 1 N–H and O–H groups in total. The molecule has 0 radical (unpaired) electrons. The van der Waals surface area contributed by atoms with E-state index in [1.165, 1.54) is 6.42 Å². The molecule has 1 saturated heterocycles. The van der Waals surface area contributed by atoms with Gasteiger partial charge in [-0.25, -0.2) is 0 Å². The monoisotopic (exact) mass is 327 g/mol. The molecule has 1 aliphatic carbocycles. The molecule has 0 bridgehead atoms. The average molecular weight is 327 g/mol. The molecule has 0 spiro atoms. The Morgan fingerprint density at radius 3 is 2.88 bits per heavy atom. The summed E-state index contributed by atoms with van der Waals surface area (Å²) in [5.41, 5.74) is 0.537. The number of aromatic nitrogens is 4. The van der Waals surface area contributed by atoms with Crippen LogP contribution in [-0.4, -0.2) is 48.9 Å². The van der Waals surface area contributed by atoms with E-state index in [0.29, 0.717) is 5.92 Å². The summed E-state index contributed by atoms with van der Waals surface area (Å²) in [6.45, 7) is 3.99. The molecule has 6 nitrogen and oxygen atoms in total. The third-order valence-electron chi connectivity index (χ3n) is 5.87. The van der Waals surface area contributed by atoms with Crippen LogP contribution >= 0.6 is 0 Å². The summed E-state index contributed by atoms with van der Waals surface area (Å²) in [5.74, 6) is 1.24. The number of hydrogen-bond donors (Lipinski definition) is 1. The van der Waals surface area contributed by atoms with Gasteiger partial charge in [0.2, 0.25) is 0 Å². The van der Waals surface area contributed by atoms with Crippen LogP contribution in [0.2, 0.25) is 0 Å². The zero-order chi connectivity index (χ0) is 16.6. The number of benzene rings is 1. The molecule has 2 aromatic rings. The number of hydrogen-bond acceptors (Lipinski definition) is 5. The minimum Gasteiger partial charge on any atom is -0.390 e. The Kier molecular flexibility index (Phi) is 4.10. The molecular weight excluding hydrogens is 302 g/mol. The molecule has 1 aromatic heterocycles. The Balaban J connectivity index is 1.55. The number of likely N-dealkylation sites (tertiary alicyclic amines) is 1. The first-order chi connectivity index (χ1) is 11.7. The van der Waals surface area contributed by atoms with E-state index in [1.54, 1.807) is 0 Å². The van der Waals surface area contributed by atoms with Gasteiger partial charge in [-0.1, -0.05) is 31.0 Å². The molecule has 0 amide bonds.